The predicted octanol–water partition coefficient (Wildman–Crippen LogP) is 4.99. The molecule has 2 aromatic carbocycles. The van der Waals surface area contributed by atoms with E-state index in [0.717, 1.165) is 16.7 Å². The topological polar surface area (TPSA) is 74.3 Å². The van der Waals surface area contributed by atoms with Crippen molar-refractivity contribution < 1.29 is 14.0 Å². The van der Waals surface area contributed by atoms with Crippen LogP contribution >= 0.6 is 11.8 Å². The van der Waals surface area contributed by atoms with Crippen LogP contribution in [0.1, 0.15) is 10.4 Å². The third-order valence-electron chi connectivity index (χ3n) is 3.86. The first-order valence-electron chi connectivity index (χ1n) is 8.71. The summed E-state index contributed by atoms with van der Waals surface area (Å²) in [5, 5.41) is 5.56. The molecule has 1 heterocycles. The lowest BCUT2D eigenvalue weighted by atomic mass is 10.2. The van der Waals surface area contributed by atoms with Crippen molar-refractivity contribution in [1.82, 2.24) is 9.88 Å². The minimum atomic E-state index is -0.440. The molecule has 148 valence electrons. The molecule has 0 aliphatic rings. The average molecular weight is 410 g/mol. The van der Waals surface area contributed by atoms with Crippen molar-refractivity contribution in [3.05, 3.63) is 78.2 Å². The minimum absolute atomic E-state index is 0.0824. The van der Waals surface area contributed by atoms with Gasteiger partial charge in [-0.15, -0.1) is 0 Å². The third kappa shape index (κ3) is 5.32. The Labute approximate surface area is 172 Å². The van der Waals surface area contributed by atoms with Crippen LogP contribution in [-0.4, -0.2) is 35.1 Å². The lowest BCUT2D eigenvalue weighted by Gasteiger charge is -2.12. The number of hydrogen-bond donors (Lipinski definition) is 2. The maximum Gasteiger partial charge on any atom is 0.285 e. The summed E-state index contributed by atoms with van der Waals surface area (Å²) in [6, 6.07) is 16.3. The third-order valence-corrected chi connectivity index (χ3v) is 4.91. The number of benzene rings is 2. The highest BCUT2D eigenvalue weighted by molar-refractivity contribution is 8.13. The Kier molecular flexibility index (Phi) is 6.46. The van der Waals surface area contributed by atoms with Gasteiger partial charge in [0, 0.05) is 30.9 Å². The van der Waals surface area contributed by atoms with E-state index in [1.165, 1.54) is 17.2 Å². The maximum atomic E-state index is 13.9. The molecule has 0 aliphatic heterocycles. The number of nitrogens with zero attached hydrogens (tertiary/aromatic N) is 2. The zero-order valence-corrected chi connectivity index (χ0v) is 16.7. The van der Waals surface area contributed by atoms with Crippen molar-refractivity contribution in [2.75, 3.05) is 24.7 Å². The number of nitrogens with one attached hydrogen (secondary N) is 2. The molecule has 0 radical (unpaired) electrons. The van der Waals surface area contributed by atoms with Crippen LogP contribution in [0, 0.1) is 5.82 Å². The van der Waals surface area contributed by atoms with E-state index in [0.29, 0.717) is 5.69 Å². The Morgan fingerprint density at radius 1 is 1.00 bits per heavy atom. The number of halogens is 1. The first-order chi connectivity index (χ1) is 13.9. The second-order valence-electron chi connectivity index (χ2n) is 6.25. The quantitative estimate of drug-likeness (QED) is 0.580. The molecule has 8 heteroatoms. The van der Waals surface area contributed by atoms with E-state index >= 15 is 0 Å². The monoisotopic (exact) mass is 410 g/mol. The average Bonchev–Trinajstić information content (AvgIpc) is 2.71. The number of thioether (sulfide) groups is 1. The van der Waals surface area contributed by atoms with Gasteiger partial charge in [0.2, 0.25) is 0 Å². The van der Waals surface area contributed by atoms with Crippen LogP contribution < -0.4 is 10.6 Å². The highest BCUT2D eigenvalue weighted by Crippen LogP contribution is 2.24. The summed E-state index contributed by atoms with van der Waals surface area (Å²) < 4.78 is 13.9. The first-order valence-corrected chi connectivity index (χ1v) is 9.53. The van der Waals surface area contributed by atoms with Crippen molar-refractivity contribution in [1.29, 1.82) is 0 Å². The fourth-order valence-corrected chi connectivity index (χ4v) is 3.03. The molecule has 2 amide bonds. The van der Waals surface area contributed by atoms with Gasteiger partial charge in [-0.25, -0.2) is 9.37 Å². The van der Waals surface area contributed by atoms with Crippen molar-refractivity contribution in [3.63, 3.8) is 0 Å². The SMILES string of the molecule is CN(C)C(=O)Sc1ccc(NC(=O)c2cccnc2Nc2ccccc2F)cc1. The Hall–Kier alpha value is -3.39. The van der Waals surface area contributed by atoms with Crippen molar-refractivity contribution in [2.24, 2.45) is 0 Å². The number of carbonyl (C=O) groups excluding carboxylic acids is 2. The van der Waals surface area contributed by atoms with Crippen LogP contribution in [0.5, 0.6) is 0 Å². The zero-order chi connectivity index (χ0) is 20.8. The summed E-state index contributed by atoms with van der Waals surface area (Å²) in [6.07, 6.45) is 1.52. The van der Waals surface area contributed by atoms with Crippen molar-refractivity contribution >= 4 is 40.1 Å². The lowest BCUT2D eigenvalue weighted by Crippen LogP contribution is -2.16. The van der Waals surface area contributed by atoms with Crippen LogP contribution in [0.4, 0.5) is 26.4 Å². The summed E-state index contributed by atoms with van der Waals surface area (Å²) in [6.45, 7) is 0. The summed E-state index contributed by atoms with van der Waals surface area (Å²) in [7, 11) is 3.37. The molecule has 2 N–H and O–H groups in total. The molecule has 0 unspecified atom stereocenters. The Morgan fingerprint density at radius 2 is 1.72 bits per heavy atom. The molecule has 1 aromatic heterocycles. The van der Waals surface area contributed by atoms with E-state index in [1.54, 1.807) is 68.7 Å². The van der Waals surface area contributed by atoms with E-state index in [9.17, 15) is 14.0 Å². The number of rotatable bonds is 5. The Balaban J connectivity index is 1.73. The highest BCUT2D eigenvalue weighted by atomic mass is 32.2. The molecule has 3 rings (SSSR count). The van der Waals surface area contributed by atoms with Gasteiger partial charge in [-0.2, -0.15) is 0 Å². The summed E-state index contributed by atoms with van der Waals surface area (Å²) >= 11 is 1.10. The van der Waals surface area contributed by atoms with E-state index in [2.05, 4.69) is 15.6 Å². The van der Waals surface area contributed by atoms with E-state index in [4.69, 9.17) is 0 Å². The lowest BCUT2D eigenvalue weighted by molar-refractivity contribution is 0.102. The maximum absolute atomic E-state index is 13.9. The number of aromatic nitrogens is 1. The largest absolute Gasteiger partial charge is 0.339 e. The molecule has 0 atom stereocenters. The van der Waals surface area contributed by atoms with Crippen molar-refractivity contribution in [2.45, 2.75) is 4.90 Å². The number of hydrogen-bond acceptors (Lipinski definition) is 5. The fraction of sp³-hybridized carbons (Fsp3) is 0.0952. The van der Waals surface area contributed by atoms with Crippen LogP contribution in [0.15, 0.2) is 71.8 Å². The molecule has 0 aliphatic carbocycles. The molecule has 6 nitrogen and oxygen atoms in total. The van der Waals surface area contributed by atoms with E-state index < -0.39 is 5.82 Å². The first kappa shape index (κ1) is 20.3. The molecule has 0 saturated heterocycles. The predicted molar refractivity (Wildman–Crippen MR) is 113 cm³/mol. The number of para-hydroxylation sites is 1. The van der Waals surface area contributed by atoms with Gasteiger partial charge in [0.1, 0.15) is 11.6 Å². The van der Waals surface area contributed by atoms with Crippen LogP contribution in [0.3, 0.4) is 0 Å². The standard InChI is InChI=1S/C21H19FN4O2S/c1-26(2)21(28)29-15-11-9-14(10-12-15)24-20(27)16-6-5-13-23-19(16)25-18-8-4-3-7-17(18)22/h3-13H,1-2H3,(H,23,25)(H,24,27). The van der Waals surface area contributed by atoms with Crippen LogP contribution in [-0.2, 0) is 0 Å². The van der Waals surface area contributed by atoms with E-state index in [-0.39, 0.29) is 28.2 Å². The Morgan fingerprint density at radius 3 is 2.41 bits per heavy atom. The fourth-order valence-electron chi connectivity index (χ4n) is 2.38. The molecule has 29 heavy (non-hydrogen) atoms. The van der Waals surface area contributed by atoms with Gasteiger partial charge in [0.05, 0.1) is 11.3 Å². The molecule has 0 fully saturated rings. The summed E-state index contributed by atoms with van der Waals surface area (Å²) in [5.41, 5.74) is 1.07. The number of amides is 2. The normalized spacial score (nSPS) is 10.3. The number of carbonyl (C=O) groups is 2. The van der Waals surface area contributed by atoms with Crippen molar-refractivity contribution in [3.8, 4) is 0 Å². The van der Waals surface area contributed by atoms with Gasteiger partial charge < -0.3 is 15.5 Å². The second kappa shape index (κ2) is 9.20. The summed E-state index contributed by atoms with van der Waals surface area (Å²) in [5.74, 6) is -0.578. The second-order valence-corrected chi connectivity index (χ2v) is 7.27. The van der Waals surface area contributed by atoms with Gasteiger partial charge in [0.15, 0.2) is 0 Å². The van der Waals surface area contributed by atoms with Gasteiger partial charge in [-0.1, -0.05) is 12.1 Å². The Bertz CT molecular complexity index is 1030. The number of pyridine rings is 1. The van der Waals surface area contributed by atoms with E-state index in [1.807, 2.05) is 0 Å². The summed E-state index contributed by atoms with van der Waals surface area (Å²) in [4.78, 5) is 30.9. The van der Waals surface area contributed by atoms with Crippen LogP contribution in [0.25, 0.3) is 0 Å². The molecule has 0 saturated carbocycles. The van der Waals surface area contributed by atoms with Gasteiger partial charge in [-0.05, 0) is 60.3 Å². The molecule has 0 spiro atoms. The highest BCUT2D eigenvalue weighted by Gasteiger charge is 2.14. The molecule has 3 aromatic rings. The number of anilines is 3. The zero-order valence-electron chi connectivity index (χ0n) is 15.8. The van der Waals surface area contributed by atoms with Crippen LogP contribution in [0.2, 0.25) is 0 Å². The molecular weight excluding hydrogens is 391 g/mol. The molecular formula is C21H19FN4O2S. The van der Waals surface area contributed by atoms with Gasteiger partial charge in [-0.3, -0.25) is 9.59 Å². The smallest absolute Gasteiger partial charge is 0.285 e. The minimum Gasteiger partial charge on any atom is -0.339 e. The molecule has 0 bridgehead atoms. The van der Waals surface area contributed by atoms with Gasteiger partial charge >= 0.3 is 0 Å². The van der Waals surface area contributed by atoms with Gasteiger partial charge in [0.25, 0.3) is 11.1 Å².